The van der Waals surface area contributed by atoms with Gasteiger partial charge in [-0.05, 0) is 62.3 Å². The lowest BCUT2D eigenvalue weighted by Crippen LogP contribution is -2.59. The van der Waals surface area contributed by atoms with Gasteiger partial charge in [-0.15, -0.1) is 0 Å². The first-order valence-electron chi connectivity index (χ1n) is 9.96. The van der Waals surface area contributed by atoms with Crippen LogP contribution in [-0.2, 0) is 6.42 Å². The number of benzene rings is 2. The fourth-order valence-corrected chi connectivity index (χ4v) is 4.78. The first kappa shape index (κ1) is 19.3. The van der Waals surface area contributed by atoms with Gasteiger partial charge in [-0.25, -0.2) is 0 Å². The molecule has 2 atom stereocenters. The van der Waals surface area contributed by atoms with E-state index in [9.17, 15) is 4.79 Å². The Morgan fingerprint density at radius 1 is 1.21 bits per heavy atom. The van der Waals surface area contributed by atoms with Gasteiger partial charge in [0.05, 0.1) is 0 Å². The van der Waals surface area contributed by atoms with Crippen molar-refractivity contribution in [1.82, 2.24) is 9.80 Å². The van der Waals surface area contributed by atoms with Crippen LogP contribution in [0.5, 0.6) is 0 Å². The number of halogens is 1. The predicted octanol–water partition coefficient (Wildman–Crippen LogP) is 4.51. The molecule has 4 rings (SSSR count). The summed E-state index contributed by atoms with van der Waals surface area (Å²) in [6, 6.07) is 15.8. The lowest BCUT2D eigenvalue weighted by atomic mass is 9.77. The molecular formula is C23H28ClN3O. The molecule has 2 aromatic carbocycles. The summed E-state index contributed by atoms with van der Waals surface area (Å²) < 4.78 is 0. The molecule has 1 N–H and O–H groups in total. The minimum atomic E-state index is -0.122. The van der Waals surface area contributed by atoms with E-state index in [1.165, 1.54) is 5.56 Å². The molecule has 2 heterocycles. The van der Waals surface area contributed by atoms with Crippen LogP contribution in [0.1, 0.15) is 36.2 Å². The number of likely N-dealkylation sites (tertiary alicyclic amines) is 1. The Kier molecular flexibility index (Phi) is 5.11. The molecule has 0 saturated carbocycles. The average Bonchev–Trinajstić information content (AvgIpc) is 3.08. The summed E-state index contributed by atoms with van der Waals surface area (Å²) in [5.41, 5.74) is 2.91. The molecule has 0 spiro atoms. The number of nitrogens with one attached hydrogen (secondary N) is 1. The number of amides is 1. The minimum Gasteiger partial charge on any atom is -0.364 e. The second kappa shape index (κ2) is 7.41. The van der Waals surface area contributed by atoms with Crippen LogP contribution in [0.15, 0.2) is 48.5 Å². The number of hydrogen-bond acceptors (Lipinski definition) is 3. The van der Waals surface area contributed by atoms with Crippen molar-refractivity contribution in [3.63, 3.8) is 0 Å². The van der Waals surface area contributed by atoms with Crippen molar-refractivity contribution in [2.24, 2.45) is 5.41 Å². The number of fused-ring (bicyclic) bond motifs is 1. The highest BCUT2D eigenvalue weighted by Crippen LogP contribution is 2.40. The Morgan fingerprint density at radius 3 is 2.64 bits per heavy atom. The van der Waals surface area contributed by atoms with E-state index < -0.39 is 0 Å². The van der Waals surface area contributed by atoms with Crippen LogP contribution in [0.2, 0.25) is 5.02 Å². The van der Waals surface area contributed by atoms with E-state index in [2.05, 4.69) is 36.0 Å². The molecule has 1 fully saturated rings. The van der Waals surface area contributed by atoms with Gasteiger partial charge >= 0.3 is 0 Å². The molecule has 1 saturated heterocycles. The summed E-state index contributed by atoms with van der Waals surface area (Å²) in [6.07, 6.45) is 1.80. The number of hydrogen-bond donors (Lipinski definition) is 1. The number of anilines is 1. The van der Waals surface area contributed by atoms with Crippen molar-refractivity contribution in [1.29, 1.82) is 0 Å². The maximum Gasteiger partial charge on any atom is 0.255 e. The van der Waals surface area contributed by atoms with Crippen LogP contribution in [0.25, 0.3) is 0 Å². The monoisotopic (exact) mass is 397 g/mol. The average molecular weight is 398 g/mol. The maximum absolute atomic E-state index is 13.6. The maximum atomic E-state index is 13.6. The SMILES string of the molecule is CN1CCC(N(C(=O)c2ccccc2)C2Nc3ccc(Cl)cc3CC2(C)C)C1. The normalized spacial score (nSPS) is 23.7. The van der Waals surface area contributed by atoms with Gasteiger partial charge < -0.3 is 15.1 Å². The highest BCUT2D eigenvalue weighted by molar-refractivity contribution is 6.30. The van der Waals surface area contributed by atoms with E-state index in [4.69, 9.17) is 11.6 Å². The largest absolute Gasteiger partial charge is 0.364 e. The number of carbonyl (C=O) groups excluding carboxylic acids is 1. The fraction of sp³-hybridized carbons (Fsp3) is 0.435. The van der Waals surface area contributed by atoms with Crippen LogP contribution in [0.4, 0.5) is 5.69 Å². The molecule has 5 heteroatoms. The zero-order valence-electron chi connectivity index (χ0n) is 16.8. The summed E-state index contributed by atoms with van der Waals surface area (Å²) in [7, 11) is 2.13. The topological polar surface area (TPSA) is 35.6 Å². The molecule has 1 amide bonds. The van der Waals surface area contributed by atoms with E-state index in [0.717, 1.165) is 42.2 Å². The summed E-state index contributed by atoms with van der Waals surface area (Å²) in [5.74, 6) is 0.101. The second-order valence-corrected chi connectivity index (χ2v) is 9.23. The molecular weight excluding hydrogens is 370 g/mol. The van der Waals surface area contributed by atoms with E-state index in [1.54, 1.807) is 0 Å². The zero-order chi connectivity index (χ0) is 19.9. The van der Waals surface area contributed by atoms with Crippen LogP contribution in [0.3, 0.4) is 0 Å². The Balaban J connectivity index is 1.73. The molecule has 0 aromatic heterocycles. The number of carbonyl (C=O) groups is 1. The van der Waals surface area contributed by atoms with Gasteiger partial charge in [0.2, 0.25) is 0 Å². The third kappa shape index (κ3) is 3.63. The van der Waals surface area contributed by atoms with Crippen molar-refractivity contribution in [3.8, 4) is 0 Å². The molecule has 28 heavy (non-hydrogen) atoms. The molecule has 2 aromatic rings. The second-order valence-electron chi connectivity index (χ2n) is 8.80. The Bertz CT molecular complexity index is 867. The standard InChI is InChI=1S/C23H28ClN3O/c1-23(2)14-17-13-18(24)9-10-20(17)25-22(23)27(19-11-12-26(3)15-19)21(28)16-7-5-4-6-8-16/h4-10,13,19,22,25H,11-12,14-15H2,1-3H3. The van der Waals surface area contributed by atoms with Crippen LogP contribution in [-0.4, -0.2) is 48.1 Å². The minimum absolute atomic E-state index is 0.0784. The van der Waals surface area contributed by atoms with E-state index in [1.807, 2.05) is 48.5 Å². The van der Waals surface area contributed by atoms with E-state index in [0.29, 0.717) is 0 Å². The Morgan fingerprint density at radius 2 is 1.96 bits per heavy atom. The molecule has 0 radical (unpaired) electrons. The van der Waals surface area contributed by atoms with Crippen molar-refractivity contribution >= 4 is 23.2 Å². The van der Waals surface area contributed by atoms with Gasteiger partial charge in [0.15, 0.2) is 0 Å². The molecule has 2 aliphatic rings. The lowest BCUT2D eigenvalue weighted by molar-refractivity contribution is 0.0395. The first-order chi connectivity index (χ1) is 13.3. The van der Waals surface area contributed by atoms with E-state index in [-0.39, 0.29) is 23.5 Å². The summed E-state index contributed by atoms with van der Waals surface area (Å²) in [6.45, 7) is 6.39. The van der Waals surface area contributed by atoms with Gasteiger partial charge in [-0.3, -0.25) is 4.79 Å². The van der Waals surface area contributed by atoms with Crippen molar-refractivity contribution in [2.75, 3.05) is 25.5 Å². The van der Waals surface area contributed by atoms with Gasteiger partial charge in [0, 0.05) is 34.3 Å². The van der Waals surface area contributed by atoms with Crippen molar-refractivity contribution in [2.45, 2.75) is 38.9 Å². The molecule has 2 unspecified atom stereocenters. The molecule has 0 aliphatic carbocycles. The number of rotatable bonds is 3. The van der Waals surface area contributed by atoms with Gasteiger partial charge in [-0.2, -0.15) is 0 Å². The van der Waals surface area contributed by atoms with Crippen molar-refractivity contribution in [3.05, 3.63) is 64.7 Å². The third-order valence-corrected chi connectivity index (χ3v) is 6.27. The lowest BCUT2D eigenvalue weighted by Gasteiger charge is -2.48. The molecule has 2 aliphatic heterocycles. The Hall–Kier alpha value is -2.04. The van der Waals surface area contributed by atoms with Crippen LogP contribution >= 0.6 is 11.6 Å². The van der Waals surface area contributed by atoms with E-state index >= 15 is 0 Å². The van der Waals surface area contributed by atoms with Crippen LogP contribution in [0, 0.1) is 5.41 Å². The number of likely N-dealkylation sites (N-methyl/N-ethyl adjacent to an activating group) is 1. The Labute approximate surface area is 172 Å². The predicted molar refractivity (Wildman–Crippen MR) is 115 cm³/mol. The summed E-state index contributed by atoms with van der Waals surface area (Å²) in [4.78, 5) is 18.1. The summed E-state index contributed by atoms with van der Waals surface area (Å²) >= 11 is 6.22. The fourth-order valence-electron chi connectivity index (χ4n) is 4.59. The zero-order valence-corrected chi connectivity index (χ0v) is 17.5. The first-order valence-corrected chi connectivity index (χ1v) is 10.3. The van der Waals surface area contributed by atoms with Crippen molar-refractivity contribution < 1.29 is 4.79 Å². The molecule has 0 bridgehead atoms. The summed E-state index contributed by atoms with van der Waals surface area (Å²) in [5, 5.41) is 4.44. The molecule has 4 nitrogen and oxygen atoms in total. The highest BCUT2D eigenvalue weighted by atomic mass is 35.5. The third-order valence-electron chi connectivity index (χ3n) is 6.04. The number of nitrogens with zero attached hydrogens (tertiary/aromatic N) is 2. The van der Waals surface area contributed by atoms with Gasteiger partial charge in [-0.1, -0.05) is 43.6 Å². The highest BCUT2D eigenvalue weighted by Gasteiger charge is 2.44. The quantitative estimate of drug-likeness (QED) is 0.827. The molecule has 148 valence electrons. The van der Waals surface area contributed by atoms with Crippen LogP contribution < -0.4 is 5.32 Å². The van der Waals surface area contributed by atoms with Gasteiger partial charge in [0.25, 0.3) is 5.91 Å². The van der Waals surface area contributed by atoms with Gasteiger partial charge in [0.1, 0.15) is 6.17 Å². The smallest absolute Gasteiger partial charge is 0.255 e.